The van der Waals surface area contributed by atoms with Gasteiger partial charge in [0.1, 0.15) is 5.82 Å². The van der Waals surface area contributed by atoms with E-state index < -0.39 is 4.92 Å². The Morgan fingerprint density at radius 3 is 2.76 bits per heavy atom. The van der Waals surface area contributed by atoms with Crippen LogP contribution in [0.1, 0.15) is 24.6 Å². The average molecular weight is 479 g/mol. The third-order valence-corrected chi connectivity index (χ3v) is 6.59. The number of thioether (sulfide) groups is 1. The van der Waals surface area contributed by atoms with Crippen LogP contribution in [-0.2, 0) is 4.79 Å². The molecule has 11 heteroatoms. The quantitative estimate of drug-likeness (QED) is 0.217. The lowest BCUT2D eigenvalue weighted by molar-refractivity contribution is -0.384. The van der Waals surface area contributed by atoms with Crippen LogP contribution >= 0.6 is 23.1 Å². The molecule has 9 nitrogen and oxygen atoms in total. The number of nitro benzene ring substituents is 1. The van der Waals surface area contributed by atoms with Crippen molar-refractivity contribution < 1.29 is 9.72 Å². The molecule has 1 fully saturated rings. The lowest BCUT2D eigenvalue weighted by Crippen LogP contribution is -2.14. The highest BCUT2D eigenvalue weighted by Crippen LogP contribution is 2.40. The van der Waals surface area contributed by atoms with E-state index in [1.807, 2.05) is 35.0 Å². The van der Waals surface area contributed by atoms with Gasteiger partial charge < -0.3 is 5.32 Å². The highest BCUT2D eigenvalue weighted by Gasteiger charge is 2.30. The standard InChI is InChI=1S/C22H18N6O3S2/c29-19(24-21-23-18(12-32-21)15-5-4-8-17(11-15)28(30)31)13-33-22-25-20(14-9-10-14)27(26-22)16-6-2-1-3-7-16/h1-8,11-12,14H,9-10,13H2,(H,23,24,29). The smallest absolute Gasteiger partial charge is 0.270 e. The van der Waals surface area contributed by atoms with Crippen molar-refractivity contribution in [2.45, 2.75) is 23.9 Å². The number of anilines is 1. The second kappa shape index (κ2) is 9.12. The van der Waals surface area contributed by atoms with Crippen LogP contribution in [0.15, 0.2) is 65.1 Å². The second-order valence-corrected chi connectivity index (χ2v) is 9.26. The summed E-state index contributed by atoms with van der Waals surface area (Å²) >= 11 is 2.54. The molecule has 33 heavy (non-hydrogen) atoms. The molecule has 1 saturated carbocycles. The molecule has 1 amide bonds. The molecule has 166 valence electrons. The third kappa shape index (κ3) is 4.94. The summed E-state index contributed by atoms with van der Waals surface area (Å²) in [4.78, 5) is 32.0. The van der Waals surface area contributed by atoms with Gasteiger partial charge >= 0.3 is 0 Å². The topological polar surface area (TPSA) is 116 Å². The largest absolute Gasteiger partial charge is 0.301 e. The van der Waals surface area contributed by atoms with Crippen LogP contribution in [0.2, 0.25) is 0 Å². The number of nitrogens with zero attached hydrogens (tertiary/aromatic N) is 5. The molecule has 1 aliphatic rings. The minimum Gasteiger partial charge on any atom is -0.301 e. The van der Waals surface area contributed by atoms with Crippen molar-refractivity contribution in [3.05, 3.63) is 75.9 Å². The summed E-state index contributed by atoms with van der Waals surface area (Å²) < 4.78 is 1.87. The van der Waals surface area contributed by atoms with E-state index in [0.29, 0.717) is 27.5 Å². The Balaban J connectivity index is 1.23. The van der Waals surface area contributed by atoms with E-state index in [1.54, 1.807) is 17.5 Å². The number of nitrogens with one attached hydrogen (secondary N) is 1. The predicted molar refractivity (Wildman–Crippen MR) is 127 cm³/mol. The molecule has 1 N–H and O–H groups in total. The third-order valence-electron chi connectivity index (χ3n) is 4.99. The van der Waals surface area contributed by atoms with Crippen LogP contribution in [0.5, 0.6) is 0 Å². The van der Waals surface area contributed by atoms with Crippen molar-refractivity contribution in [3.8, 4) is 16.9 Å². The Hall–Kier alpha value is -3.57. The number of rotatable bonds is 8. The zero-order chi connectivity index (χ0) is 22.8. The van der Waals surface area contributed by atoms with Gasteiger partial charge in [-0.1, -0.05) is 42.1 Å². The van der Waals surface area contributed by atoms with Gasteiger partial charge in [0.05, 0.1) is 22.1 Å². The zero-order valence-corrected chi connectivity index (χ0v) is 18.9. The van der Waals surface area contributed by atoms with E-state index in [0.717, 1.165) is 24.4 Å². The number of aromatic nitrogens is 4. The molecule has 0 radical (unpaired) electrons. The molecular formula is C22H18N6O3S2. The molecule has 0 unspecified atom stereocenters. The Morgan fingerprint density at radius 2 is 2.00 bits per heavy atom. The van der Waals surface area contributed by atoms with Crippen LogP contribution in [0.4, 0.5) is 10.8 Å². The van der Waals surface area contributed by atoms with Crippen molar-refractivity contribution in [1.29, 1.82) is 0 Å². The molecule has 0 spiro atoms. The maximum absolute atomic E-state index is 12.5. The first-order valence-electron chi connectivity index (χ1n) is 10.2. The van der Waals surface area contributed by atoms with E-state index in [2.05, 4.69) is 20.4 Å². The first kappa shape index (κ1) is 21.3. The molecule has 2 aromatic heterocycles. The summed E-state index contributed by atoms with van der Waals surface area (Å²) in [7, 11) is 0. The maximum Gasteiger partial charge on any atom is 0.270 e. The molecular weight excluding hydrogens is 460 g/mol. The summed E-state index contributed by atoms with van der Waals surface area (Å²) in [6.45, 7) is 0. The number of hydrogen-bond donors (Lipinski definition) is 1. The van der Waals surface area contributed by atoms with Crippen LogP contribution in [0.25, 0.3) is 16.9 Å². The number of benzene rings is 2. The van der Waals surface area contributed by atoms with Gasteiger partial charge in [0, 0.05) is 29.0 Å². The van der Waals surface area contributed by atoms with Gasteiger partial charge in [-0.25, -0.2) is 14.6 Å². The number of carbonyl (C=O) groups is 1. The lowest BCUT2D eigenvalue weighted by Gasteiger charge is -2.03. The minimum absolute atomic E-state index is 0.00417. The van der Waals surface area contributed by atoms with Crippen LogP contribution in [0, 0.1) is 10.1 Å². The molecule has 0 saturated heterocycles. The molecule has 4 aromatic rings. The Bertz CT molecular complexity index is 1320. The number of para-hydroxylation sites is 1. The van der Waals surface area contributed by atoms with Gasteiger partial charge in [-0.15, -0.1) is 16.4 Å². The molecule has 1 aliphatic carbocycles. The van der Waals surface area contributed by atoms with E-state index >= 15 is 0 Å². The van der Waals surface area contributed by atoms with Crippen molar-refractivity contribution in [2.24, 2.45) is 0 Å². The number of nitro groups is 1. The number of non-ortho nitro benzene ring substituents is 1. The molecule has 0 bridgehead atoms. The number of hydrogen-bond acceptors (Lipinski definition) is 8. The molecule has 2 heterocycles. The summed E-state index contributed by atoms with van der Waals surface area (Å²) in [5.74, 6) is 1.28. The number of carbonyl (C=O) groups excluding carboxylic acids is 1. The van der Waals surface area contributed by atoms with Gasteiger partial charge in [0.15, 0.2) is 5.13 Å². The molecule has 5 rings (SSSR count). The zero-order valence-electron chi connectivity index (χ0n) is 17.2. The highest BCUT2D eigenvalue weighted by molar-refractivity contribution is 7.99. The van der Waals surface area contributed by atoms with Gasteiger partial charge in [0.2, 0.25) is 11.1 Å². The number of amides is 1. The summed E-state index contributed by atoms with van der Waals surface area (Å²) in [6, 6.07) is 16.1. The van der Waals surface area contributed by atoms with Crippen LogP contribution < -0.4 is 5.32 Å². The first-order valence-corrected chi connectivity index (χ1v) is 12.1. The second-order valence-electron chi connectivity index (χ2n) is 7.46. The predicted octanol–water partition coefficient (Wildman–Crippen LogP) is 4.91. The Morgan fingerprint density at radius 1 is 1.18 bits per heavy atom. The minimum atomic E-state index is -0.447. The fourth-order valence-electron chi connectivity index (χ4n) is 3.26. The van der Waals surface area contributed by atoms with Crippen molar-refractivity contribution in [2.75, 3.05) is 11.1 Å². The van der Waals surface area contributed by atoms with E-state index in [1.165, 1.54) is 35.2 Å². The van der Waals surface area contributed by atoms with Crippen molar-refractivity contribution in [3.63, 3.8) is 0 Å². The van der Waals surface area contributed by atoms with Gasteiger partial charge in [-0.05, 0) is 25.0 Å². The SMILES string of the molecule is O=C(CSc1nc(C2CC2)n(-c2ccccc2)n1)Nc1nc(-c2cccc([N+](=O)[O-])c2)cs1. The fourth-order valence-corrected chi connectivity index (χ4v) is 4.62. The monoisotopic (exact) mass is 478 g/mol. The Labute approximate surface area is 197 Å². The summed E-state index contributed by atoms with van der Waals surface area (Å²) in [5, 5.41) is 21.1. The maximum atomic E-state index is 12.5. The first-order chi connectivity index (χ1) is 16.1. The fraction of sp³-hybridized carbons (Fsp3) is 0.182. The summed E-state index contributed by atoms with van der Waals surface area (Å²) in [6.07, 6.45) is 2.21. The van der Waals surface area contributed by atoms with E-state index in [9.17, 15) is 14.9 Å². The van der Waals surface area contributed by atoms with Crippen molar-refractivity contribution in [1.82, 2.24) is 19.7 Å². The van der Waals surface area contributed by atoms with Crippen LogP contribution in [-0.4, -0.2) is 36.3 Å². The average Bonchev–Trinajstić information content (AvgIpc) is 3.42. The molecule has 0 atom stereocenters. The normalized spacial score (nSPS) is 13.1. The molecule has 0 aliphatic heterocycles. The van der Waals surface area contributed by atoms with E-state index in [4.69, 9.17) is 0 Å². The molecule has 2 aromatic carbocycles. The van der Waals surface area contributed by atoms with Gasteiger partial charge in [-0.2, -0.15) is 0 Å². The van der Waals surface area contributed by atoms with Crippen molar-refractivity contribution >= 4 is 39.8 Å². The Kier molecular flexibility index (Phi) is 5.88. The summed E-state index contributed by atoms with van der Waals surface area (Å²) in [5.41, 5.74) is 2.15. The lowest BCUT2D eigenvalue weighted by atomic mass is 10.1. The van der Waals surface area contributed by atoms with E-state index in [-0.39, 0.29) is 17.3 Å². The van der Waals surface area contributed by atoms with Gasteiger partial charge in [0.25, 0.3) is 5.69 Å². The highest BCUT2D eigenvalue weighted by atomic mass is 32.2. The van der Waals surface area contributed by atoms with Gasteiger partial charge in [-0.3, -0.25) is 14.9 Å². The van der Waals surface area contributed by atoms with Crippen LogP contribution in [0.3, 0.4) is 0 Å². The number of thiazole rings is 1.